The van der Waals surface area contributed by atoms with Crippen molar-refractivity contribution in [2.45, 2.75) is 12.0 Å². The Hall–Kier alpha value is -1.33. The highest BCUT2D eigenvalue weighted by atomic mass is 16.5. The van der Waals surface area contributed by atoms with E-state index in [0.717, 1.165) is 19.5 Å². The maximum absolute atomic E-state index is 12.2. The van der Waals surface area contributed by atoms with Gasteiger partial charge in [-0.25, -0.2) is 0 Å². The van der Waals surface area contributed by atoms with Crippen LogP contribution < -0.4 is 5.32 Å². The van der Waals surface area contributed by atoms with Gasteiger partial charge in [0.2, 0.25) is 0 Å². The molecule has 2 aliphatic rings. The van der Waals surface area contributed by atoms with Crippen LogP contribution in [0, 0.1) is 0 Å². The van der Waals surface area contributed by atoms with Gasteiger partial charge >= 0.3 is 0 Å². The van der Waals surface area contributed by atoms with E-state index in [0.29, 0.717) is 25.5 Å². The molecule has 1 atom stereocenters. The van der Waals surface area contributed by atoms with Crippen LogP contribution in [-0.2, 0) is 4.74 Å². The summed E-state index contributed by atoms with van der Waals surface area (Å²) in [5.41, 5.74) is -0.180. The zero-order chi connectivity index (χ0) is 11.7. The van der Waals surface area contributed by atoms with Crippen LogP contribution in [0.1, 0.15) is 17.0 Å². The molecular formula is C12H16N2O3. The SMILES string of the molecule is O=C(c1ccco1)N1CCOC2(CCNC2)C1. The number of carbonyl (C=O) groups excluding carboxylic acids is 1. The van der Waals surface area contributed by atoms with Crippen molar-refractivity contribution in [2.75, 3.05) is 32.8 Å². The second-order valence-corrected chi connectivity index (χ2v) is 4.66. The topological polar surface area (TPSA) is 54.7 Å². The van der Waals surface area contributed by atoms with E-state index in [2.05, 4.69) is 5.32 Å². The Morgan fingerprint density at radius 2 is 2.47 bits per heavy atom. The number of nitrogens with one attached hydrogen (secondary N) is 1. The summed E-state index contributed by atoms with van der Waals surface area (Å²) in [7, 11) is 0. The van der Waals surface area contributed by atoms with Crippen molar-refractivity contribution < 1.29 is 13.9 Å². The maximum Gasteiger partial charge on any atom is 0.289 e. The molecule has 2 saturated heterocycles. The van der Waals surface area contributed by atoms with Crippen molar-refractivity contribution in [3.05, 3.63) is 24.2 Å². The molecule has 1 aromatic heterocycles. The van der Waals surface area contributed by atoms with E-state index in [1.807, 2.05) is 4.90 Å². The average molecular weight is 236 g/mol. The molecule has 0 bridgehead atoms. The number of carbonyl (C=O) groups is 1. The maximum atomic E-state index is 12.2. The second kappa shape index (κ2) is 4.16. The van der Waals surface area contributed by atoms with Crippen molar-refractivity contribution in [3.63, 3.8) is 0 Å². The van der Waals surface area contributed by atoms with E-state index < -0.39 is 0 Å². The highest BCUT2D eigenvalue weighted by Gasteiger charge is 2.41. The van der Waals surface area contributed by atoms with Gasteiger partial charge in [-0.2, -0.15) is 0 Å². The third kappa shape index (κ3) is 1.96. The number of furan rings is 1. The van der Waals surface area contributed by atoms with Crippen LogP contribution in [0.15, 0.2) is 22.8 Å². The predicted octanol–water partition coefficient (Wildman–Crippen LogP) is 0.484. The lowest BCUT2D eigenvalue weighted by Gasteiger charge is -2.39. The summed E-state index contributed by atoms with van der Waals surface area (Å²) < 4.78 is 11.0. The number of morpholine rings is 1. The molecule has 1 unspecified atom stereocenters. The van der Waals surface area contributed by atoms with Crippen molar-refractivity contribution in [1.82, 2.24) is 10.2 Å². The lowest BCUT2D eigenvalue weighted by atomic mass is 10.0. The normalized spacial score (nSPS) is 28.8. The van der Waals surface area contributed by atoms with E-state index in [-0.39, 0.29) is 11.5 Å². The van der Waals surface area contributed by atoms with Crippen LogP contribution in [0.3, 0.4) is 0 Å². The van der Waals surface area contributed by atoms with Gasteiger partial charge in [-0.15, -0.1) is 0 Å². The summed E-state index contributed by atoms with van der Waals surface area (Å²) in [5, 5.41) is 3.29. The Labute approximate surface area is 99.7 Å². The Bertz CT molecular complexity index is 396. The molecule has 0 saturated carbocycles. The van der Waals surface area contributed by atoms with Crippen LogP contribution in [0.5, 0.6) is 0 Å². The van der Waals surface area contributed by atoms with Gasteiger partial charge in [0.25, 0.3) is 5.91 Å². The predicted molar refractivity (Wildman–Crippen MR) is 60.8 cm³/mol. The zero-order valence-electron chi connectivity index (χ0n) is 9.65. The van der Waals surface area contributed by atoms with Crippen molar-refractivity contribution in [2.24, 2.45) is 0 Å². The van der Waals surface area contributed by atoms with Crippen LogP contribution in [0.25, 0.3) is 0 Å². The van der Waals surface area contributed by atoms with Gasteiger partial charge in [0.1, 0.15) is 0 Å². The van der Waals surface area contributed by atoms with Gasteiger partial charge in [0, 0.05) is 13.1 Å². The Morgan fingerprint density at radius 1 is 1.53 bits per heavy atom. The van der Waals surface area contributed by atoms with Gasteiger partial charge < -0.3 is 19.4 Å². The summed E-state index contributed by atoms with van der Waals surface area (Å²) >= 11 is 0. The summed E-state index contributed by atoms with van der Waals surface area (Å²) in [6, 6.07) is 3.44. The number of rotatable bonds is 1. The largest absolute Gasteiger partial charge is 0.459 e. The van der Waals surface area contributed by atoms with E-state index in [1.165, 1.54) is 6.26 Å². The Morgan fingerprint density at radius 3 is 3.18 bits per heavy atom. The first-order valence-electron chi connectivity index (χ1n) is 5.97. The highest BCUT2D eigenvalue weighted by molar-refractivity contribution is 5.91. The number of hydrogen-bond acceptors (Lipinski definition) is 4. The number of ether oxygens (including phenoxy) is 1. The van der Waals surface area contributed by atoms with Crippen LogP contribution >= 0.6 is 0 Å². The first-order valence-corrected chi connectivity index (χ1v) is 5.97. The summed E-state index contributed by atoms with van der Waals surface area (Å²) in [6.07, 6.45) is 2.50. The molecule has 1 amide bonds. The number of nitrogens with zero attached hydrogens (tertiary/aromatic N) is 1. The molecule has 0 aromatic carbocycles. The van der Waals surface area contributed by atoms with E-state index in [4.69, 9.17) is 9.15 Å². The summed E-state index contributed by atoms with van der Waals surface area (Å²) in [4.78, 5) is 14.0. The Balaban J connectivity index is 1.73. The van der Waals surface area contributed by atoms with Gasteiger partial charge in [0.15, 0.2) is 5.76 Å². The van der Waals surface area contributed by atoms with Gasteiger partial charge in [0.05, 0.1) is 25.0 Å². The Kier molecular flexibility index (Phi) is 2.64. The molecule has 17 heavy (non-hydrogen) atoms. The highest BCUT2D eigenvalue weighted by Crippen LogP contribution is 2.25. The van der Waals surface area contributed by atoms with E-state index >= 15 is 0 Å². The van der Waals surface area contributed by atoms with Crippen LogP contribution in [0.2, 0.25) is 0 Å². The van der Waals surface area contributed by atoms with Gasteiger partial charge in [-0.3, -0.25) is 4.79 Å². The molecule has 1 aromatic rings. The average Bonchev–Trinajstić information content (AvgIpc) is 3.00. The molecule has 1 spiro atoms. The van der Waals surface area contributed by atoms with Crippen LogP contribution in [0.4, 0.5) is 0 Å². The minimum atomic E-state index is -0.180. The molecule has 1 N–H and O–H groups in total. The fourth-order valence-corrected chi connectivity index (χ4v) is 2.55. The zero-order valence-corrected chi connectivity index (χ0v) is 9.65. The fraction of sp³-hybridized carbons (Fsp3) is 0.583. The standard InChI is InChI=1S/C12H16N2O3/c15-11(10-2-1-6-16-10)14-5-7-17-12(9-14)3-4-13-8-12/h1-2,6,13H,3-5,7-9H2. The lowest BCUT2D eigenvalue weighted by molar-refractivity contribution is -0.0871. The third-order valence-electron chi connectivity index (χ3n) is 3.47. The first kappa shape index (κ1) is 10.8. The van der Waals surface area contributed by atoms with Crippen LogP contribution in [-0.4, -0.2) is 49.2 Å². The number of hydrogen-bond donors (Lipinski definition) is 1. The fourth-order valence-electron chi connectivity index (χ4n) is 2.55. The second-order valence-electron chi connectivity index (χ2n) is 4.66. The summed E-state index contributed by atoms with van der Waals surface area (Å²) in [6.45, 7) is 3.69. The molecule has 2 fully saturated rings. The number of amides is 1. The molecule has 0 radical (unpaired) electrons. The minimum Gasteiger partial charge on any atom is -0.459 e. The molecule has 3 rings (SSSR count). The molecular weight excluding hydrogens is 220 g/mol. The lowest BCUT2D eigenvalue weighted by Crippen LogP contribution is -2.54. The van der Waals surface area contributed by atoms with Gasteiger partial charge in [-0.05, 0) is 25.1 Å². The molecule has 5 nitrogen and oxygen atoms in total. The van der Waals surface area contributed by atoms with E-state index in [9.17, 15) is 4.79 Å². The summed E-state index contributed by atoms with van der Waals surface area (Å²) in [5.74, 6) is 0.373. The van der Waals surface area contributed by atoms with Crippen molar-refractivity contribution >= 4 is 5.91 Å². The molecule has 0 aliphatic carbocycles. The van der Waals surface area contributed by atoms with Crippen molar-refractivity contribution in [3.8, 4) is 0 Å². The molecule has 5 heteroatoms. The first-order chi connectivity index (χ1) is 8.29. The molecule has 92 valence electrons. The minimum absolute atomic E-state index is 0.0374. The molecule has 3 heterocycles. The van der Waals surface area contributed by atoms with E-state index in [1.54, 1.807) is 12.1 Å². The quantitative estimate of drug-likeness (QED) is 0.770. The molecule has 2 aliphatic heterocycles. The third-order valence-corrected chi connectivity index (χ3v) is 3.47. The van der Waals surface area contributed by atoms with Crippen molar-refractivity contribution in [1.29, 1.82) is 0 Å². The monoisotopic (exact) mass is 236 g/mol. The smallest absolute Gasteiger partial charge is 0.289 e. The van der Waals surface area contributed by atoms with Gasteiger partial charge in [-0.1, -0.05) is 0 Å².